The molecular formula is C8H12Br2O. The van der Waals surface area contributed by atoms with Gasteiger partial charge in [0.05, 0.1) is 0 Å². The Kier molecular flexibility index (Phi) is 5.41. The molecule has 1 nitrogen and oxygen atoms in total. The molecule has 0 fully saturated rings. The van der Waals surface area contributed by atoms with Crippen LogP contribution < -0.4 is 0 Å². The second-order valence-electron chi connectivity index (χ2n) is 2.82. The Bertz CT molecular complexity index is 161. The summed E-state index contributed by atoms with van der Waals surface area (Å²) in [7, 11) is 0. The van der Waals surface area contributed by atoms with Crippen LogP contribution in [0.5, 0.6) is 0 Å². The fraction of sp³-hybridized carbons (Fsp3) is 0.750. The van der Waals surface area contributed by atoms with Gasteiger partial charge in [-0.25, -0.2) is 0 Å². The van der Waals surface area contributed by atoms with Gasteiger partial charge < -0.3 is 5.11 Å². The van der Waals surface area contributed by atoms with E-state index < -0.39 is 5.60 Å². The van der Waals surface area contributed by atoms with Crippen LogP contribution in [0.15, 0.2) is 0 Å². The highest BCUT2D eigenvalue weighted by Crippen LogP contribution is 2.07. The molecule has 3 heteroatoms. The van der Waals surface area contributed by atoms with Gasteiger partial charge in [0.2, 0.25) is 0 Å². The first-order chi connectivity index (χ1) is 4.95. The van der Waals surface area contributed by atoms with E-state index in [4.69, 9.17) is 0 Å². The van der Waals surface area contributed by atoms with E-state index in [2.05, 4.69) is 43.7 Å². The molecule has 0 aliphatic heterocycles. The third-order valence-corrected chi connectivity index (χ3v) is 3.18. The molecule has 1 N–H and O–H groups in total. The molecule has 0 spiro atoms. The van der Waals surface area contributed by atoms with Gasteiger partial charge in [0.1, 0.15) is 5.60 Å². The van der Waals surface area contributed by atoms with E-state index in [1.165, 1.54) is 0 Å². The van der Waals surface area contributed by atoms with E-state index in [1.807, 2.05) is 0 Å². The summed E-state index contributed by atoms with van der Waals surface area (Å²) in [5, 5.41) is 10.1. The Labute approximate surface area is 84.8 Å². The predicted molar refractivity (Wildman–Crippen MR) is 55.2 cm³/mol. The molecular weight excluding hydrogens is 272 g/mol. The van der Waals surface area contributed by atoms with E-state index >= 15 is 0 Å². The monoisotopic (exact) mass is 282 g/mol. The smallest absolute Gasteiger partial charge is 0.119 e. The number of halogens is 2. The molecule has 0 aromatic carbocycles. The van der Waals surface area contributed by atoms with Gasteiger partial charge in [-0.3, -0.25) is 0 Å². The molecule has 64 valence electrons. The molecule has 0 saturated heterocycles. The highest BCUT2D eigenvalue weighted by atomic mass is 79.9. The lowest BCUT2D eigenvalue weighted by Gasteiger charge is -2.06. The predicted octanol–water partition coefficient (Wildman–Crippen LogP) is 2.31. The van der Waals surface area contributed by atoms with Crippen LogP contribution in [0.2, 0.25) is 0 Å². The van der Waals surface area contributed by atoms with Crippen molar-refractivity contribution in [1.82, 2.24) is 0 Å². The Hall–Kier alpha value is 0.480. The zero-order valence-corrected chi connectivity index (χ0v) is 9.87. The van der Waals surface area contributed by atoms with Crippen molar-refractivity contribution < 1.29 is 5.11 Å². The highest BCUT2D eigenvalue weighted by molar-refractivity contribution is 9.12. The van der Waals surface area contributed by atoms with Crippen LogP contribution >= 0.6 is 31.9 Å². The summed E-state index contributed by atoms with van der Waals surface area (Å²) in [6.45, 7) is 3.36. The average molecular weight is 284 g/mol. The second kappa shape index (κ2) is 5.18. The molecule has 11 heavy (non-hydrogen) atoms. The number of alkyl halides is 2. The molecule has 0 aliphatic rings. The standard InChI is InChI=1S/C8H12Br2O/c1-8(2,11)5-3-4-7(10)6-9/h7,11H,4,6H2,1-2H3. The number of aliphatic hydroxyl groups is 1. The third kappa shape index (κ3) is 8.39. The minimum absolute atomic E-state index is 0.373. The van der Waals surface area contributed by atoms with Crippen molar-refractivity contribution in [3.8, 4) is 11.8 Å². The molecule has 1 atom stereocenters. The van der Waals surface area contributed by atoms with Crippen molar-refractivity contribution in [2.75, 3.05) is 5.33 Å². The normalized spacial score (nSPS) is 13.5. The van der Waals surface area contributed by atoms with Gasteiger partial charge >= 0.3 is 0 Å². The molecule has 0 heterocycles. The van der Waals surface area contributed by atoms with Crippen LogP contribution in [0.25, 0.3) is 0 Å². The molecule has 1 unspecified atom stereocenters. The Morgan fingerprint density at radius 3 is 2.45 bits per heavy atom. The Morgan fingerprint density at radius 2 is 2.09 bits per heavy atom. The average Bonchev–Trinajstić information content (AvgIpc) is 1.85. The van der Waals surface area contributed by atoms with Gasteiger partial charge in [-0.1, -0.05) is 43.7 Å². The SMILES string of the molecule is CC(C)(O)C#CCC(Br)CBr. The van der Waals surface area contributed by atoms with Gasteiger partial charge in [0.15, 0.2) is 0 Å². The Morgan fingerprint density at radius 1 is 1.55 bits per heavy atom. The van der Waals surface area contributed by atoms with Gasteiger partial charge in [-0.05, 0) is 13.8 Å². The minimum atomic E-state index is -0.862. The van der Waals surface area contributed by atoms with Crippen LogP contribution in [0.1, 0.15) is 20.3 Å². The summed E-state index contributed by atoms with van der Waals surface area (Å²) in [6.07, 6.45) is 0.759. The van der Waals surface area contributed by atoms with Crippen LogP contribution in [-0.2, 0) is 0 Å². The molecule has 0 radical (unpaired) electrons. The number of hydrogen-bond donors (Lipinski definition) is 1. The third-order valence-electron chi connectivity index (χ3n) is 0.885. The molecule has 0 rings (SSSR count). The summed E-state index contributed by atoms with van der Waals surface area (Å²) >= 11 is 6.73. The second-order valence-corrected chi connectivity index (χ2v) is 4.76. The maximum absolute atomic E-state index is 9.20. The van der Waals surface area contributed by atoms with E-state index in [-0.39, 0.29) is 0 Å². The first-order valence-corrected chi connectivity index (χ1v) is 5.42. The van der Waals surface area contributed by atoms with Crippen molar-refractivity contribution in [2.45, 2.75) is 30.7 Å². The van der Waals surface area contributed by atoms with Crippen molar-refractivity contribution in [3.05, 3.63) is 0 Å². The van der Waals surface area contributed by atoms with Crippen LogP contribution in [0, 0.1) is 11.8 Å². The molecule has 0 bridgehead atoms. The van der Waals surface area contributed by atoms with Gasteiger partial charge in [0.25, 0.3) is 0 Å². The number of hydrogen-bond acceptors (Lipinski definition) is 1. The van der Waals surface area contributed by atoms with Crippen molar-refractivity contribution in [1.29, 1.82) is 0 Å². The first-order valence-electron chi connectivity index (χ1n) is 3.38. The quantitative estimate of drug-likeness (QED) is 0.609. The maximum Gasteiger partial charge on any atom is 0.119 e. The van der Waals surface area contributed by atoms with Crippen LogP contribution in [0.3, 0.4) is 0 Å². The van der Waals surface area contributed by atoms with E-state index in [0.29, 0.717) is 4.83 Å². The number of rotatable bonds is 2. The molecule has 0 saturated carbocycles. The van der Waals surface area contributed by atoms with Crippen LogP contribution in [-0.4, -0.2) is 20.9 Å². The van der Waals surface area contributed by atoms with E-state index in [0.717, 1.165) is 11.8 Å². The lowest BCUT2D eigenvalue weighted by molar-refractivity contribution is 0.143. The van der Waals surface area contributed by atoms with E-state index in [1.54, 1.807) is 13.8 Å². The van der Waals surface area contributed by atoms with E-state index in [9.17, 15) is 5.11 Å². The summed E-state index contributed by atoms with van der Waals surface area (Å²) in [6, 6.07) is 0. The zero-order chi connectivity index (χ0) is 8.91. The largest absolute Gasteiger partial charge is 0.378 e. The summed E-state index contributed by atoms with van der Waals surface area (Å²) < 4.78 is 0. The maximum atomic E-state index is 9.20. The van der Waals surface area contributed by atoms with Crippen molar-refractivity contribution >= 4 is 31.9 Å². The Balaban J connectivity index is 3.73. The molecule has 0 aliphatic carbocycles. The molecule has 0 amide bonds. The van der Waals surface area contributed by atoms with Crippen molar-refractivity contribution in [3.63, 3.8) is 0 Å². The van der Waals surface area contributed by atoms with Gasteiger partial charge in [0, 0.05) is 16.6 Å². The van der Waals surface area contributed by atoms with Gasteiger partial charge in [-0.2, -0.15) is 0 Å². The highest BCUT2D eigenvalue weighted by Gasteiger charge is 2.05. The molecule has 0 aromatic heterocycles. The van der Waals surface area contributed by atoms with Gasteiger partial charge in [-0.15, -0.1) is 0 Å². The zero-order valence-electron chi connectivity index (χ0n) is 6.69. The first kappa shape index (κ1) is 11.5. The lowest BCUT2D eigenvalue weighted by Crippen LogP contribution is -2.14. The fourth-order valence-corrected chi connectivity index (χ4v) is 0.823. The minimum Gasteiger partial charge on any atom is -0.378 e. The summed E-state index contributed by atoms with van der Waals surface area (Å²) in [5.74, 6) is 5.64. The van der Waals surface area contributed by atoms with Crippen molar-refractivity contribution in [2.24, 2.45) is 0 Å². The van der Waals surface area contributed by atoms with Crippen LogP contribution in [0.4, 0.5) is 0 Å². The topological polar surface area (TPSA) is 20.2 Å². The lowest BCUT2D eigenvalue weighted by atomic mass is 10.1. The summed E-state index contributed by atoms with van der Waals surface area (Å²) in [5.41, 5.74) is -0.862. The summed E-state index contributed by atoms with van der Waals surface area (Å²) in [4.78, 5) is 0.373. The molecule has 0 aromatic rings. The fourth-order valence-electron chi connectivity index (χ4n) is 0.433.